The van der Waals surface area contributed by atoms with E-state index in [4.69, 9.17) is 11.0 Å². The highest BCUT2D eigenvalue weighted by Gasteiger charge is 2.35. The number of aromatic nitrogens is 1. The predicted octanol–water partition coefficient (Wildman–Crippen LogP) is 1.09. The second-order valence-electron chi connectivity index (χ2n) is 4.52. The standard InChI is InChI=1S/C12H13N5O3/c13-4-1-5-16(8-2-3-8)12(18)9-6-11(14)15-7-10(9)17(19)20/h6-8H,1-3,5H2,(H2,14,15). The summed E-state index contributed by atoms with van der Waals surface area (Å²) in [5, 5.41) is 19.6. The van der Waals surface area contributed by atoms with E-state index in [1.807, 2.05) is 6.07 Å². The summed E-state index contributed by atoms with van der Waals surface area (Å²) in [6, 6.07) is 3.24. The average molecular weight is 275 g/mol. The molecule has 2 rings (SSSR count). The summed E-state index contributed by atoms with van der Waals surface area (Å²) in [6.07, 6.45) is 2.88. The van der Waals surface area contributed by atoms with Crippen molar-refractivity contribution in [2.24, 2.45) is 0 Å². The molecule has 1 aliphatic carbocycles. The minimum absolute atomic E-state index is 0.0509. The molecule has 8 heteroatoms. The van der Waals surface area contributed by atoms with E-state index in [-0.39, 0.29) is 36.1 Å². The number of pyridine rings is 1. The Labute approximate surface area is 115 Å². The molecule has 0 aromatic carbocycles. The van der Waals surface area contributed by atoms with Crippen molar-refractivity contribution < 1.29 is 9.72 Å². The van der Waals surface area contributed by atoms with Crippen LogP contribution in [0.25, 0.3) is 0 Å². The summed E-state index contributed by atoms with van der Waals surface area (Å²) >= 11 is 0. The average Bonchev–Trinajstić information content (AvgIpc) is 3.23. The maximum Gasteiger partial charge on any atom is 0.300 e. The Balaban J connectivity index is 2.33. The summed E-state index contributed by atoms with van der Waals surface area (Å²) in [4.78, 5) is 27.9. The molecule has 104 valence electrons. The molecule has 0 aliphatic heterocycles. The molecule has 0 atom stereocenters. The first-order chi connectivity index (χ1) is 9.54. The van der Waals surface area contributed by atoms with Crippen LogP contribution in [0.3, 0.4) is 0 Å². The largest absolute Gasteiger partial charge is 0.384 e. The van der Waals surface area contributed by atoms with Crippen LogP contribution in [0.1, 0.15) is 29.6 Å². The monoisotopic (exact) mass is 275 g/mol. The number of nitrogen functional groups attached to an aromatic ring is 1. The van der Waals surface area contributed by atoms with E-state index >= 15 is 0 Å². The van der Waals surface area contributed by atoms with Gasteiger partial charge in [-0.3, -0.25) is 14.9 Å². The third-order valence-electron chi connectivity index (χ3n) is 3.04. The number of nitrogens with zero attached hydrogens (tertiary/aromatic N) is 4. The third kappa shape index (κ3) is 2.83. The van der Waals surface area contributed by atoms with Crippen LogP contribution in [0.2, 0.25) is 0 Å². The van der Waals surface area contributed by atoms with Crippen molar-refractivity contribution in [1.82, 2.24) is 9.88 Å². The minimum Gasteiger partial charge on any atom is -0.384 e. The molecule has 20 heavy (non-hydrogen) atoms. The van der Waals surface area contributed by atoms with Crippen molar-refractivity contribution in [2.45, 2.75) is 25.3 Å². The van der Waals surface area contributed by atoms with E-state index in [9.17, 15) is 14.9 Å². The van der Waals surface area contributed by atoms with Crippen LogP contribution in [0.5, 0.6) is 0 Å². The Morgan fingerprint density at radius 2 is 2.35 bits per heavy atom. The number of anilines is 1. The molecule has 1 amide bonds. The van der Waals surface area contributed by atoms with E-state index in [0.717, 1.165) is 19.0 Å². The molecule has 0 radical (unpaired) electrons. The molecule has 1 aromatic heterocycles. The maximum absolute atomic E-state index is 12.4. The second kappa shape index (κ2) is 5.52. The van der Waals surface area contributed by atoms with Crippen molar-refractivity contribution in [3.63, 3.8) is 0 Å². The molecule has 0 spiro atoms. The molecule has 2 N–H and O–H groups in total. The number of hydrogen-bond acceptors (Lipinski definition) is 6. The van der Waals surface area contributed by atoms with Gasteiger partial charge < -0.3 is 10.6 Å². The van der Waals surface area contributed by atoms with Crippen LogP contribution in [-0.4, -0.2) is 33.3 Å². The lowest BCUT2D eigenvalue weighted by Gasteiger charge is -2.21. The number of amides is 1. The van der Waals surface area contributed by atoms with E-state index in [2.05, 4.69) is 4.98 Å². The van der Waals surface area contributed by atoms with Crippen LogP contribution < -0.4 is 5.73 Å². The first kappa shape index (κ1) is 13.7. The maximum atomic E-state index is 12.4. The van der Waals surface area contributed by atoms with Crippen LogP contribution in [0.15, 0.2) is 12.3 Å². The number of nitro groups is 1. The van der Waals surface area contributed by atoms with Gasteiger partial charge in [0.15, 0.2) is 0 Å². The van der Waals surface area contributed by atoms with E-state index < -0.39 is 10.8 Å². The molecule has 8 nitrogen and oxygen atoms in total. The Hall–Kier alpha value is -2.69. The minimum atomic E-state index is -0.658. The van der Waals surface area contributed by atoms with Gasteiger partial charge in [0, 0.05) is 12.6 Å². The van der Waals surface area contributed by atoms with Crippen LogP contribution in [0.4, 0.5) is 11.5 Å². The van der Waals surface area contributed by atoms with Crippen molar-refractivity contribution >= 4 is 17.4 Å². The van der Waals surface area contributed by atoms with Crippen LogP contribution >= 0.6 is 0 Å². The zero-order valence-corrected chi connectivity index (χ0v) is 10.7. The molecule has 1 fully saturated rings. The fourth-order valence-electron chi connectivity index (χ4n) is 1.94. The van der Waals surface area contributed by atoms with E-state index in [0.29, 0.717) is 0 Å². The highest BCUT2D eigenvalue weighted by Crippen LogP contribution is 2.30. The van der Waals surface area contributed by atoms with Crippen molar-refractivity contribution in [3.05, 3.63) is 27.9 Å². The highest BCUT2D eigenvalue weighted by atomic mass is 16.6. The Morgan fingerprint density at radius 1 is 1.65 bits per heavy atom. The lowest BCUT2D eigenvalue weighted by molar-refractivity contribution is -0.385. The van der Waals surface area contributed by atoms with Crippen molar-refractivity contribution in [2.75, 3.05) is 12.3 Å². The summed E-state index contributed by atoms with van der Waals surface area (Å²) in [5.41, 5.74) is 5.06. The smallest absolute Gasteiger partial charge is 0.300 e. The van der Waals surface area contributed by atoms with Gasteiger partial charge in [0.1, 0.15) is 17.6 Å². The summed E-state index contributed by atoms with van der Waals surface area (Å²) in [6.45, 7) is 0.263. The molecular weight excluding hydrogens is 262 g/mol. The number of hydrogen-bond donors (Lipinski definition) is 1. The molecular formula is C12H13N5O3. The lowest BCUT2D eigenvalue weighted by Crippen LogP contribution is -2.34. The first-order valence-electron chi connectivity index (χ1n) is 6.12. The number of carbonyl (C=O) groups excluding carboxylic acids is 1. The van der Waals surface area contributed by atoms with E-state index in [1.165, 1.54) is 11.0 Å². The predicted molar refractivity (Wildman–Crippen MR) is 69.6 cm³/mol. The van der Waals surface area contributed by atoms with Gasteiger partial charge in [-0.15, -0.1) is 0 Å². The van der Waals surface area contributed by atoms with Gasteiger partial charge in [0.2, 0.25) is 0 Å². The topological polar surface area (TPSA) is 126 Å². The molecule has 1 aromatic rings. The van der Waals surface area contributed by atoms with Gasteiger partial charge in [-0.05, 0) is 18.9 Å². The number of rotatable bonds is 5. The summed E-state index contributed by atoms with van der Waals surface area (Å²) in [5.74, 6) is -0.418. The van der Waals surface area contributed by atoms with Gasteiger partial charge in [0.25, 0.3) is 11.6 Å². The fourth-order valence-corrected chi connectivity index (χ4v) is 1.94. The van der Waals surface area contributed by atoms with Gasteiger partial charge in [-0.2, -0.15) is 5.26 Å². The molecule has 0 bridgehead atoms. The quantitative estimate of drug-likeness (QED) is 0.633. The summed E-state index contributed by atoms with van der Waals surface area (Å²) < 4.78 is 0. The second-order valence-corrected chi connectivity index (χ2v) is 4.52. The van der Waals surface area contributed by atoms with Crippen LogP contribution in [0, 0.1) is 21.4 Å². The van der Waals surface area contributed by atoms with Crippen molar-refractivity contribution in [1.29, 1.82) is 5.26 Å². The van der Waals surface area contributed by atoms with Gasteiger partial charge in [0.05, 0.1) is 17.4 Å². The fraction of sp³-hybridized carbons (Fsp3) is 0.417. The lowest BCUT2D eigenvalue weighted by atomic mass is 10.2. The van der Waals surface area contributed by atoms with Gasteiger partial charge in [-0.25, -0.2) is 4.98 Å². The third-order valence-corrected chi connectivity index (χ3v) is 3.04. The van der Waals surface area contributed by atoms with Crippen LogP contribution in [-0.2, 0) is 0 Å². The van der Waals surface area contributed by atoms with Gasteiger partial charge in [-0.1, -0.05) is 0 Å². The molecule has 1 saturated carbocycles. The SMILES string of the molecule is N#CCCN(C(=O)c1cc(N)ncc1[N+](=O)[O-])C1CC1. The highest BCUT2D eigenvalue weighted by molar-refractivity contribution is 5.99. The normalized spacial score (nSPS) is 13.6. The molecule has 1 aliphatic rings. The molecule has 0 saturated heterocycles. The Bertz CT molecular complexity index is 591. The van der Waals surface area contributed by atoms with E-state index in [1.54, 1.807) is 0 Å². The molecule has 1 heterocycles. The Kier molecular flexibility index (Phi) is 3.79. The van der Waals surface area contributed by atoms with Gasteiger partial charge >= 0.3 is 0 Å². The Morgan fingerprint density at radius 3 is 2.90 bits per heavy atom. The number of carbonyl (C=O) groups is 1. The zero-order valence-electron chi connectivity index (χ0n) is 10.7. The zero-order chi connectivity index (χ0) is 14.7. The van der Waals surface area contributed by atoms with Crippen molar-refractivity contribution in [3.8, 4) is 6.07 Å². The summed E-state index contributed by atoms with van der Waals surface area (Å²) in [7, 11) is 0. The number of nitriles is 1. The first-order valence-corrected chi connectivity index (χ1v) is 6.12. The molecule has 0 unspecified atom stereocenters. The number of nitrogens with two attached hydrogens (primary N) is 1.